The van der Waals surface area contributed by atoms with Crippen LogP contribution in [0.5, 0.6) is 0 Å². The number of fused-ring (bicyclic) bond motifs is 5. The zero-order valence-corrected chi connectivity index (χ0v) is 16.5. The third-order valence-electron chi connectivity index (χ3n) is 5.93. The van der Waals surface area contributed by atoms with Crippen molar-refractivity contribution in [1.82, 2.24) is 0 Å². The molecule has 30 heavy (non-hydrogen) atoms. The third-order valence-corrected chi connectivity index (χ3v) is 5.93. The van der Waals surface area contributed by atoms with Crippen molar-refractivity contribution in [1.29, 1.82) is 0 Å². The molecular formula is C29H20O. The average molecular weight is 384 g/mol. The van der Waals surface area contributed by atoms with Crippen LogP contribution in [0.1, 0.15) is 11.1 Å². The summed E-state index contributed by atoms with van der Waals surface area (Å²) >= 11 is 0. The van der Waals surface area contributed by atoms with E-state index in [0.717, 1.165) is 17.6 Å². The molecule has 0 radical (unpaired) electrons. The first-order valence-corrected chi connectivity index (χ1v) is 10.3. The Kier molecular flexibility index (Phi) is 3.92. The molecule has 1 heteroatoms. The zero-order valence-electron chi connectivity index (χ0n) is 16.5. The predicted octanol–water partition coefficient (Wildman–Crippen LogP) is 8.00. The molecule has 0 N–H and O–H groups in total. The van der Waals surface area contributed by atoms with Crippen LogP contribution in [0, 0.1) is 0 Å². The molecule has 6 rings (SSSR count). The van der Waals surface area contributed by atoms with Gasteiger partial charge in [-0.25, -0.2) is 0 Å². The maximum atomic E-state index is 6.22. The van der Waals surface area contributed by atoms with Crippen molar-refractivity contribution in [2.75, 3.05) is 0 Å². The van der Waals surface area contributed by atoms with Gasteiger partial charge in [0.2, 0.25) is 0 Å². The summed E-state index contributed by atoms with van der Waals surface area (Å²) in [4.78, 5) is 0. The van der Waals surface area contributed by atoms with Gasteiger partial charge >= 0.3 is 0 Å². The van der Waals surface area contributed by atoms with Gasteiger partial charge in [0.1, 0.15) is 11.2 Å². The number of benzene rings is 5. The molecular weight excluding hydrogens is 364 g/mol. The van der Waals surface area contributed by atoms with Gasteiger partial charge in [0.15, 0.2) is 0 Å². The molecule has 0 aliphatic heterocycles. The Morgan fingerprint density at radius 3 is 1.93 bits per heavy atom. The second-order valence-electron chi connectivity index (χ2n) is 7.79. The van der Waals surface area contributed by atoms with E-state index in [0.29, 0.717) is 0 Å². The number of rotatable bonds is 3. The number of hydrogen-bond acceptors (Lipinski definition) is 1. The van der Waals surface area contributed by atoms with Gasteiger partial charge in [0.25, 0.3) is 0 Å². The zero-order chi connectivity index (χ0) is 19.9. The van der Waals surface area contributed by atoms with Gasteiger partial charge in [0.05, 0.1) is 0 Å². The van der Waals surface area contributed by atoms with Crippen LogP contribution in [0.4, 0.5) is 0 Å². The summed E-state index contributed by atoms with van der Waals surface area (Å²) in [5.41, 5.74) is 7.00. The minimum Gasteiger partial charge on any atom is -0.456 e. The van der Waals surface area contributed by atoms with E-state index in [4.69, 9.17) is 4.42 Å². The first kappa shape index (κ1) is 17.1. The smallest absolute Gasteiger partial charge is 0.136 e. The molecule has 142 valence electrons. The Labute approximate surface area is 175 Å². The Balaban J connectivity index is 1.47. The molecule has 0 spiro atoms. The highest BCUT2D eigenvalue weighted by Gasteiger charge is 2.13. The molecule has 0 atom stereocenters. The monoisotopic (exact) mass is 384 g/mol. The average Bonchev–Trinajstić information content (AvgIpc) is 3.19. The summed E-state index contributed by atoms with van der Waals surface area (Å²) in [7, 11) is 0. The summed E-state index contributed by atoms with van der Waals surface area (Å²) in [6.45, 7) is 0. The molecule has 0 unspecified atom stereocenters. The van der Waals surface area contributed by atoms with Crippen molar-refractivity contribution in [3.05, 3.63) is 120 Å². The summed E-state index contributed by atoms with van der Waals surface area (Å²) < 4.78 is 6.22. The fourth-order valence-corrected chi connectivity index (χ4v) is 4.47. The molecule has 5 aromatic carbocycles. The second kappa shape index (κ2) is 6.89. The third kappa shape index (κ3) is 2.79. The van der Waals surface area contributed by atoms with Crippen LogP contribution < -0.4 is 0 Å². The van der Waals surface area contributed by atoms with Crippen LogP contribution in [0.3, 0.4) is 0 Å². The van der Waals surface area contributed by atoms with E-state index in [1.165, 1.54) is 43.8 Å². The molecule has 1 nitrogen and oxygen atoms in total. The highest BCUT2D eigenvalue weighted by Crippen LogP contribution is 2.37. The first-order chi connectivity index (χ1) is 14.9. The molecule has 0 fully saturated rings. The summed E-state index contributed by atoms with van der Waals surface area (Å²) in [6, 6.07) is 38.6. The summed E-state index contributed by atoms with van der Waals surface area (Å²) in [6.07, 6.45) is 0.878. The quantitative estimate of drug-likeness (QED) is 0.301. The number of hydrogen-bond donors (Lipinski definition) is 0. The first-order valence-electron chi connectivity index (χ1n) is 10.3. The molecule has 0 aliphatic rings. The molecule has 0 saturated carbocycles. The fourth-order valence-electron chi connectivity index (χ4n) is 4.47. The summed E-state index contributed by atoms with van der Waals surface area (Å²) in [5.74, 6) is 0. The van der Waals surface area contributed by atoms with Gasteiger partial charge in [-0.2, -0.15) is 0 Å². The van der Waals surface area contributed by atoms with E-state index in [2.05, 4.69) is 97.1 Å². The maximum Gasteiger partial charge on any atom is 0.136 e. The predicted molar refractivity (Wildman–Crippen MR) is 126 cm³/mol. The molecule has 0 bridgehead atoms. The Morgan fingerprint density at radius 1 is 0.500 bits per heavy atom. The Hall–Kier alpha value is -3.84. The lowest BCUT2D eigenvalue weighted by atomic mass is 9.94. The van der Waals surface area contributed by atoms with E-state index >= 15 is 0 Å². The minimum atomic E-state index is 0.878. The van der Waals surface area contributed by atoms with E-state index < -0.39 is 0 Å². The van der Waals surface area contributed by atoms with Gasteiger partial charge in [-0.1, -0.05) is 97.1 Å². The van der Waals surface area contributed by atoms with E-state index in [1.807, 2.05) is 12.1 Å². The highest BCUT2D eigenvalue weighted by molar-refractivity contribution is 6.19. The van der Waals surface area contributed by atoms with Crippen LogP contribution in [-0.4, -0.2) is 0 Å². The molecule has 1 heterocycles. The minimum absolute atomic E-state index is 0.878. The van der Waals surface area contributed by atoms with Crippen LogP contribution in [0.15, 0.2) is 114 Å². The Morgan fingerprint density at radius 2 is 1.13 bits per heavy atom. The van der Waals surface area contributed by atoms with Crippen LogP contribution in [0.2, 0.25) is 0 Å². The lowest BCUT2D eigenvalue weighted by Gasteiger charge is -2.09. The molecule has 0 aliphatic carbocycles. The van der Waals surface area contributed by atoms with Crippen LogP contribution >= 0.6 is 0 Å². The molecule has 0 saturated heterocycles. The fraction of sp³-hybridized carbons (Fsp3) is 0.0345. The molecule has 6 aromatic rings. The van der Waals surface area contributed by atoms with Gasteiger partial charge in [-0.3, -0.25) is 0 Å². The van der Waals surface area contributed by atoms with Gasteiger partial charge < -0.3 is 4.42 Å². The maximum absolute atomic E-state index is 6.22. The lowest BCUT2D eigenvalue weighted by molar-refractivity contribution is 0.668. The molecule has 0 amide bonds. The van der Waals surface area contributed by atoms with Crippen molar-refractivity contribution in [3.63, 3.8) is 0 Å². The van der Waals surface area contributed by atoms with Crippen molar-refractivity contribution < 1.29 is 4.42 Å². The van der Waals surface area contributed by atoms with Crippen molar-refractivity contribution in [3.8, 4) is 11.1 Å². The standard InChI is InChI=1S/C29H20O/c1-2-8-21(9-3-1)22-16-14-20(15-17-22)18-23-19-28-29(25-11-5-4-10-24(23)25)26-12-6-7-13-27(26)30-28/h1-17,19H,18H2. The SMILES string of the molecule is c1ccc(-c2ccc(Cc3cc4oc5ccccc5c4c4ccccc34)cc2)cc1. The van der Waals surface area contributed by atoms with Gasteiger partial charge in [-0.05, 0) is 51.6 Å². The van der Waals surface area contributed by atoms with Gasteiger partial charge in [-0.15, -0.1) is 0 Å². The number of furan rings is 1. The highest BCUT2D eigenvalue weighted by atomic mass is 16.3. The van der Waals surface area contributed by atoms with Crippen LogP contribution in [-0.2, 0) is 6.42 Å². The Bertz CT molecular complexity index is 1490. The van der Waals surface area contributed by atoms with Crippen molar-refractivity contribution >= 4 is 32.7 Å². The normalized spacial score (nSPS) is 11.5. The second-order valence-corrected chi connectivity index (χ2v) is 7.79. The van der Waals surface area contributed by atoms with Crippen LogP contribution in [0.25, 0.3) is 43.8 Å². The topological polar surface area (TPSA) is 13.1 Å². The van der Waals surface area contributed by atoms with Crippen molar-refractivity contribution in [2.24, 2.45) is 0 Å². The van der Waals surface area contributed by atoms with Crippen molar-refractivity contribution in [2.45, 2.75) is 6.42 Å². The molecule has 1 aromatic heterocycles. The van der Waals surface area contributed by atoms with Gasteiger partial charge in [0, 0.05) is 10.8 Å². The van der Waals surface area contributed by atoms with E-state index in [-0.39, 0.29) is 0 Å². The van der Waals surface area contributed by atoms with E-state index in [1.54, 1.807) is 0 Å². The number of para-hydroxylation sites is 1. The largest absolute Gasteiger partial charge is 0.456 e. The lowest BCUT2D eigenvalue weighted by Crippen LogP contribution is -1.91. The summed E-state index contributed by atoms with van der Waals surface area (Å²) in [5, 5.41) is 4.95. The van der Waals surface area contributed by atoms with E-state index in [9.17, 15) is 0 Å².